The molecule has 3 atom stereocenters. The second-order valence-corrected chi connectivity index (χ2v) is 7.21. The van der Waals surface area contributed by atoms with E-state index in [1.54, 1.807) is 0 Å². The minimum Gasteiger partial charge on any atom is -0.326 e. The lowest BCUT2D eigenvalue weighted by atomic mass is 9.99. The van der Waals surface area contributed by atoms with E-state index in [0.29, 0.717) is 12.1 Å². The Morgan fingerprint density at radius 3 is 2.63 bits per heavy atom. The van der Waals surface area contributed by atoms with Crippen LogP contribution in [0.3, 0.4) is 0 Å². The molecule has 0 amide bonds. The van der Waals surface area contributed by atoms with Crippen LogP contribution in [0.15, 0.2) is 11.4 Å². The number of hydrogen-bond donors (Lipinski definition) is 1. The van der Waals surface area contributed by atoms with Crippen LogP contribution >= 0.6 is 23.1 Å². The van der Waals surface area contributed by atoms with E-state index < -0.39 is 0 Å². The fourth-order valence-electron chi connectivity index (χ4n) is 2.36. The molecule has 2 nitrogen and oxygen atoms in total. The van der Waals surface area contributed by atoms with Crippen LogP contribution in [0.25, 0.3) is 0 Å². The van der Waals surface area contributed by atoms with Gasteiger partial charge in [-0.15, -0.1) is 11.3 Å². The summed E-state index contributed by atoms with van der Waals surface area (Å²) in [5.41, 5.74) is 7.78. The van der Waals surface area contributed by atoms with E-state index in [0.717, 1.165) is 6.42 Å². The molecule has 0 fully saturated rings. The molecular weight excluding hydrogens is 272 g/mol. The van der Waals surface area contributed by atoms with Crippen LogP contribution in [0, 0.1) is 6.92 Å². The Bertz CT molecular complexity index is 365. The molecule has 1 heterocycles. The summed E-state index contributed by atoms with van der Waals surface area (Å²) in [6.07, 6.45) is 4.40. The SMILES string of the molecule is CCC(N)C(c1sccc1C)N(C)C(C)CCSC. The lowest BCUT2D eigenvalue weighted by Crippen LogP contribution is -2.43. The van der Waals surface area contributed by atoms with Crippen LogP contribution in [0.2, 0.25) is 0 Å². The van der Waals surface area contributed by atoms with Gasteiger partial charge in [0.1, 0.15) is 0 Å². The van der Waals surface area contributed by atoms with Crippen molar-refractivity contribution < 1.29 is 0 Å². The zero-order chi connectivity index (χ0) is 14.4. The van der Waals surface area contributed by atoms with Gasteiger partial charge in [-0.25, -0.2) is 0 Å². The average Bonchev–Trinajstić information content (AvgIpc) is 2.82. The molecule has 1 aromatic rings. The topological polar surface area (TPSA) is 29.3 Å². The van der Waals surface area contributed by atoms with Gasteiger partial charge in [-0.05, 0) is 62.8 Å². The molecular formula is C15H28N2S2. The van der Waals surface area contributed by atoms with Crippen molar-refractivity contribution in [2.75, 3.05) is 19.1 Å². The minimum atomic E-state index is 0.207. The molecule has 0 spiro atoms. The van der Waals surface area contributed by atoms with Crippen molar-refractivity contribution in [3.05, 3.63) is 21.9 Å². The Morgan fingerprint density at radius 2 is 2.16 bits per heavy atom. The first-order valence-electron chi connectivity index (χ1n) is 7.03. The summed E-state index contributed by atoms with van der Waals surface area (Å²) < 4.78 is 0. The van der Waals surface area contributed by atoms with E-state index in [1.165, 1.54) is 22.6 Å². The number of nitrogens with two attached hydrogens (primary N) is 1. The Balaban J connectivity index is 2.88. The number of rotatable bonds is 8. The summed E-state index contributed by atoms with van der Waals surface area (Å²) in [5, 5.41) is 2.18. The largest absolute Gasteiger partial charge is 0.326 e. The van der Waals surface area contributed by atoms with Crippen molar-refractivity contribution >= 4 is 23.1 Å². The van der Waals surface area contributed by atoms with Crippen molar-refractivity contribution in [1.29, 1.82) is 0 Å². The first-order chi connectivity index (χ1) is 9.02. The second kappa shape index (κ2) is 8.30. The van der Waals surface area contributed by atoms with Crippen LogP contribution in [-0.2, 0) is 0 Å². The van der Waals surface area contributed by atoms with Gasteiger partial charge in [0.2, 0.25) is 0 Å². The number of thioether (sulfide) groups is 1. The maximum atomic E-state index is 6.40. The third-order valence-electron chi connectivity index (χ3n) is 3.92. The van der Waals surface area contributed by atoms with Gasteiger partial charge in [0.15, 0.2) is 0 Å². The highest BCUT2D eigenvalue weighted by atomic mass is 32.2. The second-order valence-electron chi connectivity index (χ2n) is 5.28. The van der Waals surface area contributed by atoms with Crippen molar-refractivity contribution in [2.24, 2.45) is 5.73 Å². The van der Waals surface area contributed by atoms with E-state index in [4.69, 9.17) is 5.73 Å². The predicted molar refractivity (Wildman–Crippen MR) is 90.3 cm³/mol. The Labute approximate surface area is 126 Å². The first-order valence-corrected chi connectivity index (χ1v) is 9.30. The fourth-order valence-corrected chi connectivity index (χ4v) is 4.09. The van der Waals surface area contributed by atoms with Crippen molar-refractivity contribution in [1.82, 2.24) is 4.90 Å². The lowest BCUT2D eigenvalue weighted by Gasteiger charge is -2.36. The molecule has 4 heteroatoms. The Kier molecular flexibility index (Phi) is 7.44. The third-order valence-corrected chi connectivity index (χ3v) is 5.65. The molecule has 1 rings (SSSR count). The Morgan fingerprint density at radius 1 is 1.47 bits per heavy atom. The smallest absolute Gasteiger partial charge is 0.0595 e. The highest BCUT2D eigenvalue weighted by Gasteiger charge is 2.28. The van der Waals surface area contributed by atoms with Gasteiger partial charge in [0, 0.05) is 17.0 Å². The molecule has 0 radical (unpaired) electrons. The summed E-state index contributed by atoms with van der Waals surface area (Å²) in [5.74, 6) is 1.21. The molecule has 0 aliphatic rings. The molecule has 0 aliphatic heterocycles. The van der Waals surface area contributed by atoms with Crippen LogP contribution in [-0.4, -0.2) is 36.0 Å². The monoisotopic (exact) mass is 300 g/mol. The molecule has 0 bridgehead atoms. The van der Waals surface area contributed by atoms with Gasteiger partial charge in [-0.3, -0.25) is 4.90 Å². The Hall–Kier alpha value is -0.0300. The quantitative estimate of drug-likeness (QED) is 0.789. The number of hydrogen-bond acceptors (Lipinski definition) is 4. The standard InChI is InChI=1S/C15H28N2S2/c1-6-13(16)14(15-11(2)7-10-19-15)17(4)12(3)8-9-18-5/h7,10,12-14H,6,8-9,16H2,1-5H3. The van der Waals surface area contributed by atoms with Crippen LogP contribution < -0.4 is 5.73 Å². The molecule has 1 aromatic heterocycles. The molecule has 0 saturated carbocycles. The maximum Gasteiger partial charge on any atom is 0.0595 e. The number of thiophene rings is 1. The van der Waals surface area contributed by atoms with Gasteiger partial charge >= 0.3 is 0 Å². The van der Waals surface area contributed by atoms with Gasteiger partial charge in [0.25, 0.3) is 0 Å². The highest BCUT2D eigenvalue weighted by Crippen LogP contribution is 2.32. The van der Waals surface area contributed by atoms with E-state index in [2.05, 4.69) is 50.4 Å². The summed E-state index contributed by atoms with van der Waals surface area (Å²) in [6, 6.07) is 3.33. The zero-order valence-corrected chi connectivity index (χ0v) is 14.5. The summed E-state index contributed by atoms with van der Waals surface area (Å²) in [4.78, 5) is 3.91. The van der Waals surface area contributed by atoms with Gasteiger partial charge in [0.05, 0.1) is 6.04 Å². The van der Waals surface area contributed by atoms with E-state index in [-0.39, 0.29) is 6.04 Å². The molecule has 0 saturated heterocycles. The van der Waals surface area contributed by atoms with E-state index >= 15 is 0 Å². The van der Waals surface area contributed by atoms with Crippen LogP contribution in [0.1, 0.15) is 43.2 Å². The number of aryl methyl sites for hydroxylation is 1. The van der Waals surface area contributed by atoms with Crippen LogP contribution in [0.5, 0.6) is 0 Å². The fraction of sp³-hybridized carbons (Fsp3) is 0.733. The lowest BCUT2D eigenvalue weighted by molar-refractivity contribution is 0.158. The minimum absolute atomic E-state index is 0.207. The molecule has 0 aromatic carbocycles. The van der Waals surface area contributed by atoms with Crippen molar-refractivity contribution in [2.45, 2.75) is 51.7 Å². The average molecular weight is 301 g/mol. The van der Waals surface area contributed by atoms with Gasteiger partial charge in [-0.2, -0.15) is 11.8 Å². The molecule has 110 valence electrons. The molecule has 3 unspecified atom stereocenters. The third kappa shape index (κ3) is 4.48. The van der Waals surface area contributed by atoms with Gasteiger partial charge in [-0.1, -0.05) is 6.92 Å². The maximum absolute atomic E-state index is 6.40. The first kappa shape index (κ1) is 17.0. The predicted octanol–water partition coefficient (Wildman–Crippen LogP) is 3.91. The van der Waals surface area contributed by atoms with Crippen LogP contribution in [0.4, 0.5) is 0 Å². The molecule has 19 heavy (non-hydrogen) atoms. The normalized spacial score (nSPS) is 16.6. The van der Waals surface area contributed by atoms with Crippen molar-refractivity contribution in [3.8, 4) is 0 Å². The van der Waals surface area contributed by atoms with Gasteiger partial charge < -0.3 is 5.73 Å². The number of likely N-dealkylation sites (N-methyl/N-ethyl adjacent to an activating group) is 1. The zero-order valence-electron chi connectivity index (χ0n) is 12.8. The van der Waals surface area contributed by atoms with E-state index in [1.807, 2.05) is 23.1 Å². The molecule has 0 aliphatic carbocycles. The highest BCUT2D eigenvalue weighted by molar-refractivity contribution is 7.98. The number of nitrogens with zero attached hydrogens (tertiary/aromatic N) is 1. The summed E-state index contributed by atoms with van der Waals surface area (Å²) in [6.45, 7) is 6.69. The molecule has 2 N–H and O–H groups in total. The summed E-state index contributed by atoms with van der Waals surface area (Å²) in [7, 11) is 2.23. The summed E-state index contributed by atoms with van der Waals surface area (Å²) >= 11 is 3.76. The van der Waals surface area contributed by atoms with Crippen molar-refractivity contribution in [3.63, 3.8) is 0 Å². The van der Waals surface area contributed by atoms with E-state index in [9.17, 15) is 0 Å².